The van der Waals surface area contributed by atoms with E-state index in [1.165, 1.54) is 11.8 Å². The van der Waals surface area contributed by atoms with Gasteiger partial charge in [0.1, 0.15) is 17.7 Å². The maximum Gasteiger partial charge on any atom is 0.407 e. The number of hydrogen-bond acceptors (Lipinski definition) is 6. The molecule has 0 aliphatic carbocycles. The summed E-state index contributed by atoms with van der Waals surface area (Å²) < 4.78 is 5.18. The number of rotatable bonds is 6. The molecule has 1 aromatic carbocycles. The molecule has 1 amide bonds. The van der Waals surface area contributed by atoms with Gasteiger partial charge < -0.3 is 15.4 Å². The zero-order chi connectivity index (χ0) is 18.9. The molecule has 0 aromatic heterocycles. The van der Waals surface area contributed by atoms with Crippen LogP contribution in [0.25, 0.3) is 0 Å². The Balaban J connectivity index is 2.57. The van der Waals surface area contributed by atoms with Crippen molar-refractivity contribution in [3.05, 3.63) is 46.0 Å². The second-order valence-corrected chi connectivity index (χ2v) is 6.97. The smallest absolute Gasteiger partial charge is 0.407 e. The molecule has 0 bridgehead atoms. The average molecular weight is 358 g/mol. The Labute approximate surface area is 152 Å². The van der Waals surface area contributed by atoms with E-state index >= 15 is 0 Å². The van der Waals surface area contributed by atoms with Gasteiger partial charge in [0.15, 0.2) is 5.57 Å². The van der Waals surface area contributed by atoms with Crippen molar-refractivity contribution in [1.29, 1.82) is 10.5 Å². The first-order valence-electron chi connectivity index (χ1n) is 7.66. The lowest BCUT2D eigenvalue weighted by Gasteiger charge is -2.19. The molecule has 0 fully saturated rings. The van der Waals surface area contributed by atoms with Crippen molar-refractivity contribution < 1.29 is 9.53 Å². The Morgan fingerprint density at radius 2 is 1.56 bits per heavy atom. The third kappa shape index (κ3) is 7.65. The molecule has 1 rings (SSSR count). The lowest BCUT2D eigenvalue weighted by atomic mass is 10.1. The van der Waals surface area contributed by atoms with Gasteiger partial charge in [-0.25, -0.2) is 4.79 Å². The quantitative estimate of drug-likeness (QED) is 0.756. The highest BCUT2D eigenvalue weighted by Gasteiger charge is 2.15. The summed E-state index contributed by atoms with van der Waals surface area (Å²) in [5.74, 6) is 0. The van der Waals surface area contributed by atoms with Crippen molar-refractivity contribution in [2.45, 2.75) is 39.5 Å². The first-order valence-corrected chi connectivity index (χ1v) is 8.88. The molecule has 25 heavy (non-hydrogen) atoms. The number of amides is 1. The number of benzene rings is 1. The number of ether oxygens (including phenoxy) is 1. The van der Waals surface area contributed by atoms with Crippen LogP contribution in [0.4, 0.5) is 4.79 Å². The SMILES string of the molecule is CSC(NCc1ccc(CNC(=O)OC(C)(C)C)cc1)=C(C#N)C#N. The third-order valence-corrected chi connectivity index (χ3v) is 3.72. The molecule has 0 aliphatic heterocycles. The second kappa shape index (κ2) is 9.61. The Kier molecular flexibility index (Phi) is 7.84. The fraction of sp³-hybridized carbons (Fsp3) is 0.389. The number of nitriles is 2. The van der Waals surface area contributed by atoms with Crippen molar-refractivity contribution >= 4 is 17.9 Å². The molecule has 6 nitrogen and oxygen atoms in total. The van der Waals surface area contributed by atoms with E-state index in [9.17, 15) is 4.79 Å². The van der Waals surface area contributed by atoms with E-state index in [0.717, 1.165) is 11.1 Å². The Morgan fingerprint density at radius 3 is 1.96 bits per heavy atom. The van der Waals surface area contributed by atoms with E-state index in [4.69, 9.17) is 15.3 Å². The summed E-state index contributed by atoms with van der Waals surface area (Å²) in [4.78, 5) is 11.6. The van der Waals surface area contributed by atoms with E-state index in [-0.39, 0.29) is 5.57 Å². The number of nitrogens with zero attached hydrogens (tertiary/aromatic N) is 2. The van der Waals surface area contributed by atoms with Gasteiger partial charge in [0, 0.05) is 13.1 Å². The summed E-state index contributed by atoms with van der Waals surface area (Å²) in [6.07, 6.45) is 1.36. The van der Waals surface area contributed by atoms with Crippen molar-refractivity contribution in [2.75, 3.05) is 6.26 Å². The van der Waals surface area contributed by atoms with Gasteiger partial charge in [-0.15, -0.1) is 11.8 Å². The van der Waals surface area contributed by atoms with Gasteiger partial charge in [-0.3, -0.25) is 0 Å². The Hall–Kier alpha value is -2.64. The summed E-state index contributed by atoms with van der Waals surface area (Å²) in [6.45, 7) is 6.33. The minimum absolute atomic E-state index is 0.0747. The second-order valence-electron chi connectivity index (χ2n) is 6.16. The Bertz CT molecular complexity index is 691. The first kappa shape index (κ1) is 20.4. The predicted octanol–water partition coefficient (Wildman–Crippen LogP) is 3.42. The molecule has 0 spiro atoms. The third-order valence-electron chi connectivity index (χ3n) is 2.97. The van der Waals surface area contributed by atoms with Crippen LogP contribution < -0.4 is 10.6 Å². The van der Waals surface area contributed by atoms with Crippen LogP contribution in [0.2, 0.25) is 0 Å². The average Bonchev–Trinajstić information content (AvgIpc) is 2.56. The molecule has 0 saturated heterocycles. The zero-order valence-electron chi connectivity index (χ0n) is 14.8. The lowest BCUT2D eigenvalue weighted by Crippen LogP contribution is -2.32. The van der Waals surface area contributed by atoms with E-state index < -0.39 is 11.7 Å². The van der Waals surface area contributed by atoms with Crippen molar-refractivity contribution in [3.63, 3.8) is 0 Å². The van der Waals surface area contributed by atoms with Crippen LogP contribution in [0.3, 0.4) is 0 Å². The van der Waals surface area contributed by atoms with E-state index in [2.05, 4.69) is 10.6 Å². The van der Waals surface area contributed by atoms with Crippen LogP contribution >= 0.6 is 11.8 Å². The number of thioether (sulfide) groups is 1. The van der Waals surface area contributed by atoms with Crippen LogP contribution in [0.5, 0.6) is 0 Å². The molecule has 0 aliphatic rings. The maximum atomic E-state index is 11.6. The summed E-state index contributed by atoms with van der Waals surface area (Å²) >= 11 is 1.33. The van der Waals surface area contributed by atoms with Gasteiger partial charge in [0.25, 0.3) is 0 Å². The molecular weight excluding hydrogens is 336 g/mol. The van der Waals surface area contributed by atoms with Gasteiger partial charge >= 0.3 is 6.09 Å². The first-order chi connectivity index (χ1) is 11.8. The van der Waals surface area contributed by atoms with Crippen LogP contribution in [-0.2, 0) is 17.8 Å². The van der Waals surface area contributed by atoms with E-state index in [1.807, 2.05) is 63.4 Å². The highest BCUT2D eigenvalue weighted by molar-refractivity contribution is 8.02. The minimum atomic E-state index is -0.520. The molecule has 2 N–H and O–H groups in total. The summed E-state index contributed by atoms with van der Waals surface area (Å²) in [5.41, 5.74) is 1.51. The van der Waals surface area contributed by atoms with Crippen molar-refractivity contribution in [2.24, 2.45) is 0 Å². The highest BCUT2D eigenvalue weighted by Crippen LogP contribution is 2.14. The van der Waals surface area contributed by atoms with Gasteiger partial charge in [-0.2, -0.15) is 10.5 Å². The number of hydrogen-bond donors (Lipinski definition) is 2. The van der Waals surface area contributed by atoms with Crippen LogP contribution in [0, 0.1) is 22.7 Å². The molecular formula is C18H22N4O2S. The molecule has 0 saturated carbocycles. The topological polar surface area (TPSA) is 97.9 Å². The predicted molar refractivity (Wildman–Crippen MR) is 98.1 cm³/mol. The minimum Gasteiger partial charge on any atom is -0.444 e. The van der Waals surface area contributed by atoms with E-state index in [0.29, 0.717) is 18.1 Å². The molecule has 132 valence electrons. The monoisotopic (exact) mass is 358 g/mol. The number of allylic oxidation sites excluding steroid dienone is 1. The molecule has 7 heteroatoms. The molecule has 1 aromatic rings. The number of carbonyl (C=O) groups excluding carboxylic acids is 1. The van der Waals surface area contributed by atoms with Crippen molar-refractivity contribution in [3.8, 4) is 12.1 Å². The number of nitrogens with one attached hydrogen (secondary N) is 2. The van der Waals surface area contributed by atoms with Crippen LogP contribution in [-0.4, -0.2) is 18.0 Å². The fourth-order valence-electron chi connectivity index (χ4n) is 1.83. The van der Waals surface area contributed by atoms with E-state index in [1.54, 1.807) is 0 Å². The molecule has 0 radical (unpaired) electrons. The summed E-state index contributed by atoms with van der Waals surface area (Å²) in [5, 5.41) is 24.2. The standard InChI is InChI=1S/C18H22N4O2S/c1-18(2,3)24-17(23)22-12-14-7-5-13(6-8-14)11-21-16(25-4)15(9-19)10-20/h5-8,21H,11-12H2,1-4H3,(H,22,23). The normalized spacial score (nSPS) is 10.2. The maximum absolute atomic E-state index is 11.6. The zero-order valence-corrected chi connectivity index (χ0v) is 15.7. The van der Waals surface area contributed by atoms with Crippen LogP contribution in [0.15, 0.2) is 34.9 Å². The molecule has 0 atom stereocenters. The highest BCUT2D eigenvalue weighted by atomic mass is 32.2. The number of carbonyl (C=O) groups is 1. The van der Waals surface area contributed by atoms with Gasteiger partial charge in [0.05, 0.1) is 5.03 Å². The van der Waals surface area contributed by atoms with Gasteiger partial charge in [0.2, 0.25) is 0 Å². The molecule has 0 heterocycles. The molecule has 0 unspecified atom stereocenters. The summed E-state index contributed by atoms with van der Waals surface area (Å²) in [7, 11) is 0. The van der Waals surface area contributed by atoms with Crippen LogP contribution in [0.1, 0.15) is 31.9 Å². The lowest BCUT2D eigenvalue weighted by molar-refractivity contribution is 0.0523. The summed E-state index contributed by atoms with van der Waals surface area (Å²) in [6, 6.07) is 11.4. The van der Waals surface area contributed by atoms with Crippen molar-refractivity contribution in [1.82, 2.24) is 10.6 Å². The Morgan fingerprint density at radius 1 is 1.08 bits per heavy atom. The number of alkyl carbamates (subject to hydrolysis) is 1. The van der Waals surface area contributed by atoms with Gasteiger partial charge in [-0.1, -0.05) is 24.3 Å². The fourth-order valence-corrected chi connectivity index (χ4v) is 2.35. The van der Waals surface area contributed by atoms with Gasteiger partial charge in [-0.05, 0) is 38.2 Å². The largest absolute Gasteiger partial charge is 0.444 e.